The first-order valence-corrected chi connectivity index (χ1v) is 44.0. The molecular formula is C119H82N12. The van der Waals surface area contributed by atoms with E-state index < -0.39 is 0 Å². The van der Waals surface area contributed by atoms with Crippen molar-refractivity contribution in [2.75, 3.05) is 0 Å². The molecule has 0 aliphatic rings. The van der Waals surface area contributed by atoms with E-state index in [0.717, 1.165) is 116 Å². The van der Waals surface area contributed by atoms with Gasteiger partial charge in [0.15, 0.2) is 52.4 Å². The molecule has 12 nitrogen and oxygen atoms in total. The maximum absolute atomic E-state index is 5.01. The summed E-state index contributed by atoms with van der Waals surface area (Å²) in [4.78, 5) is 44.6. The third kappa shape index (κ3) is 16.0. The molecule has 24 rings (SSSR count). The Bertz CT molecular complexity index is 8080. The van der Waals surface area contributed by atoms with Crippen LogP contribution in [0.15, 0.2) is 461 Å². The van der Waals surface area contributed by atoms with Crippen LogP contribution < -0.4 is 0 Å². The van der Waals surface area contributed by atoms with Crippen LogP contribution in [0.5, 0.6) is 0 Å². The molecule has 0 spiro atoms. The second-order valence-corrected chi connectivity index (χ2v) is 32.6. The molecule has 0 saturated heterocycles. The summed E-state index contributed by atoms with van der Waals surface area (Å²) >= 11 is 0. The van der Waals surface area contributed by atoms with Gasteiger partial charge >= 0.3 is 0 Å². The van der Waals surface area contributed by atoms with E-state index in [-0.39, 0.29) is 0 Å². The molecule has 18 aromatic carbocycles. The molecule has 0 aliphatic carbocycles. The SMILES string of the molecule is Cc1ccc(-c2nc(-c3ccc(C)cc3)nc(-c3ccc4c(c3)c3ccccc3n4-c3ccc(-c4ccccc4)cc3)n2)cc1.c1ccc(-c2ccc(-n3c4ccccc4c4cc(-c5nc(-c6ccccc6)nc(-c6ccccc6)n5)ccc43)cc2)cc1.c1ccc(-c2ccc3c(c2)c2cc(-c4nc(-c5ccccc5)nc(-c5ccccc5)n4)ccc2n3-c2ccccc2)cc1. The lowest BCUT2D eigenvalue weighted by atomic mass is 10.0. The number of nitrogens with zero attached hydrogens (tertiary/aromatic N) is 12. The monoisotopic (exact) mass is 1680 g/mol. The zero-order valence-corrected chi connectivity index (χ0v) is 71.7. The molecule has 0 atom stereocenters. The molecular weight excluding hydrogens is 1600 g/mol. The summed E-state index contributed by atoms with van der Waals surface area (Å²) in [6.45, 7) is 4.17. The Balaban J connectivity index is 0.000000115. The summed E-state index contributed by atoms with van der Waals surface area (Å²) in [6.07, 6.45) is 0. The van der Waals surface area contributed by atoms with Crippen LogP contribution in [0.3, 0.4) is 0 Å². The van der Waals surface area contributed by atoms with Gasteiger partial charge in [-0.15, -0.1) is 0 Å². The minimum Gasteiger partial charge on any atom is -0.309 e. The first-order valence-electron chi connectivity index (χ1n) is 44.0. The fraction of sp³-hybridized carbons (Fsp3) is 0.0168. The van der Waals surface area contributed by atoms with E-state index in [1.54, 1.807) is 0 Å². The number of aryl methyl sites for hydroxylation is 2. The number of aromatic nitrogens is 12. The van der Waals surface area contributed by atoms with Crippen molar-refractivity contribution in [2.24, 2.45) is 0 Å². The molecule has 24 aromatic rings. The predicted molar refractivity (Wildman–Crippen MR) is 537 cm³/mol. The molecule has 0 unspecified atom stereocenters. The highest BCUT2D eigenvalue weighted by atomic mass is 15.1. The molecule has 0 aliphatic heterocycles. The largest absolute Gasteiger partial charge is 0.309 e. The molecule has 0 saturated carbocycles. The molecule has 0 N–H and O–H groups in total. The van der Waals surface area contributed by atoms with E-state index >= 15 is 0 Å². The van der Waals surface area contributed by atoms with Gasteiger partial charge in [-0.3, -0.25) is 0 Å². The Kier molecular flexibility index (Phi) is 21.2. The average molecular weight is 1680 g/mol. The normalized spacial score (nSPS) is 11.3. The summed E-state index contributed by atoms with van der Waals surface area (Å²) < 4.78 is 7.01. The Morgan fingerprint density at radius 1 is 0.130 bits per heavy atom. The zero-order valence-electron chi connectivity index (χ0n) is 71.7. The van der Waals surface area contributed by atoms with Crippen molar-refractivity contribution >= 4 is 65.4 Å². The predicted octanol–water partition coefficient (Wildman–Crippen LogP) is 29.5. The van der Waals surface area contributed by atoms with Gasteiger partial charge in [0, 0.05) is 99.5 Å². The van der Waals surface area contributed by atoms with Crippen LogP contribution in [0.1, 0.15) is 11.1 Å². The van der Waals surface area contributed by atoms with Crippen molar-refractivity contribution in [3.8, 4) is 153 Å². The van der Waals surface area contributed by atoms with Gasteiger partial charge in [0.2, 0.25) is 0 Å². The van der Waals surface area contributed by atoms with Crippen LogP contribution in [0.25, 0.3) is 218 Å². The first-order chi connectivity index (χ1) is 64.7. The maximum atomic E-state index is 5.01. The Hall–Kier alpha value is -17.6. The molecule has 0 bridgehead atoms. The van der Waals surface area contributed by atoms with E-state index in [1.807, 2.05) is 133 Å². The minimum atomic E-state index is 0.648. The highest BCUT2D eigenvalue weighted by molar-refractivity contribution is 6.13. The maximum Gasteiger partial charge on any atom is 0.164 e. The Labute approximate surface area is 757 Å². The number of fused-ring (bicyclic) bond motifs is 9. The number of hydrogen-bond acceptors (Lipinski definition) is 9. The molecule has 0 amide bonds. The molecule has 0 radical (unpaired) electrons. The number of benzene rings is 18. The Morgan fingerprint density at radius 2 is 0.305 bits per heavy atom. The van der Waals surface area contributed by atoms with Gasteiger partial charge in [-0.2, -0.15) is 0 Å². The molecule has 12 heteroatoms. The van der Waals surface area contributed by atoms with E-state index in [9.17, 15) is 0 Å². The standard InChI is InChI=1S/C41H30N4.2C39H26N4/c1-27-12-16-31(17-13-27)39-42-40(32-18-14-28(2)15-19-32)44-41(43-39)33-22-25-38-36(26-33)35-10-6-7-11-37(35)45(38)34-23-20-30(21-24-34)29-8-4-3-5-9-29;1-5-13-27(14-6-1)30-21-23-35-33(25-30)34-26-31(22-24-36(34)43(35)32-19-11-4-12-20-32)39-41-37(28-15-7-2-8-16-28)40-38(42-39)29-17-9-3-10-18-29;1-4-12-27(13-5-1)28-20-23-32(24-21-28)43-35-19-11-10-18-33(35)34-26-31(22-25-36(34)43)39-41-37(29-14-6-2-7-15-29)40-38(42-39)30-16-8-3-9-17-30/h3-26H,1-2H3;2*1-26H. The van der Waals surface area contributed by atoms with Crippen LogP contribution in [0.2, 0.25) is 0 Å². The van der Waals surface area contributed by atoms with Gasteiger partial charge in [-0.05, 0) is 162 Å². The van der Waals surface area contributed by atoms with Crippen molar-refractivity contribution in [2.45, 2.75) is 13.8 Å². The third-order valence-corrected chi connectivity index (χ3v) is 24.1. The van der Waals surface area contributed by atoms with Crippen molar-refractivity contribution in [3.63, 3.8) is 0 Å². The summed E-state index contributed by atoms with van der Waals surface area (Å²) in [7, 11) is 0. The lowest BCUT2D eigenvalue weighted by molar-refractivity contribution is 1.07. The summed E-state index contributed by atoms with van der Waals surface area (Å²) in [6, 6.07) is 160. The second kappa shape index (κ2) is 35.1. The molecule has 6 heterocycles. The van der Waals surface area contributed by atoms with Crippen molar-refractivity contribution in [1.29, 1.82) is 0 Å². The number of hydrogen-bond donors (Lipinski definition) is 0. The van der Waals surface area contributed by atoms with Crippen LogP contribution in [-0.2, 0) is 0 Å². The van der Waals surface area contributed by atoms with Gasteiger partial charge in [0.25, 0.3) is 0 Å². The minimum absolute atomic E-state index is 0.648. The zero-order chi connectivity index (χ0) is 87.5. The van der Waals surface area contributed by atoms with E-state index in [1.165, 1.54) is 60.7 Å². The first kappa shape index (κ1) is 79.3. The van der Waals surface area contributed by atoms with Crippen molar-refractivity contribution in [1.82, 2.24) is 58.6 Å². The molecule has 618 valence electrons. The summed E-state index contributed by atoms with van der Waals surface area (Å²) in [5.74, 6) is 5.91. The fourth-order valence-corrected chi connectivity index (χ4v) is 17.5. The van der Waals surface area contributed by atoms with Gasteiger partial charge < -0.3 is 13.7 Å². The number of rotatable bonds is 15. The molecule has 6 aromatic heterocycles. The van der Waals surface area contributed by atoms with Crippen LogP contribution in [0.4, 0.5) is 0 Å². The Morgan fingerprint density at radius 3 is 0.595 bits per heavy atom. The quantitative estimate of drug-likeness (QED) is 0.0984. The number of para-hydroxylation sites is 3. The lowest BCUT2D eigenvalue weighted by Crippen LogP contribution is -2.00. The second-order valence-electron chi connectivity index (χ2n) is 32.6. The van der Waals surface area contributed by atoms with E-state index in [2.05, 4.69) is 355 Å². The summed E-state index contributed by atoms with van der Waals surface area (Å²) in [5, 5.41) is 7.02. The summed E-state index contributed by atoms with van der Waals surface area (Å²) in [5.41, 5.74) is 28.5. The highest BCUT2D eigenvalue weighted by Crippen LogP contribution is 2.42. The molecule has 131 heavy (non-hydrogen) atoms. The van der Waals surface area contributed by atoms with Crippen LogP contribution >= 0.6 is 0 Å². The van der Waals surface area contributed by atoms with Crippen LogP contribution in [0, 0.1) is 13.8 Å². The van der Waals surface area contributed by atoms with Gasteiger partial charge in [-0.1, -0.05) is 357 Å². The third-order valence-electron chi connectivity index (χ3n) is 24.1. The van der Waals surface area contributed by atoms with Crippen molar-refractivity contribution < 1.29 is 0 Å². The highest BCUT2D eigenvalue weighted by Gasteiger charge is 2.23. The van der Waals surface area contributed by atoms with Gasteiger partial charge in [0.05, 0.1) is 33.1 Å². The van der Waals surface area contributed by atoms with E-state index in [4.69, 9.17) is 44.9 Å². The smallest absolute Gasteiger partial charge is 0.164 e. The fourth-order valence-electron chi connectivity index (χ4n) is 17.5. The molecule has 0 fully saturated rings. The van der Waals surface area contributed by atoms with Gasteiger partial charge in [0.1, 0.15) is 0 Å². The van der Waals surface area contributed by atoms with Crippen LogP contribution in [-0.4, -0.2) is 58.6 Å². The van der Waals surface area contributed by atoms with Gasteiger partial charge in [-0.25, -0.2) is 44.9 Å². The van der Waals surface area contributed by atoms with E-state index in [0.29, 0.717) is 52.4 Å². The topological polar surface area (TPSA) is 131 Å². The lowest BCUT2D eigenvalue weighted by Gasteiger charge is -2.11. The average Bonchev–Trinajstić information content (AvgIpc) is 1.59. The van der Waals surface area contributed by atoms with Crippen molar-refractivity contribution in [3.05, 3.63) is 472 Å².